The van der Waals surface area contributed by atoms with Gasteiger partial charge in [0.1, 0.15) is 0 Å². The molecule has 2 atom stereocenters. The fraction of sp³-hybridized carbons (Fsp3) is 1.00. The van der Waals surface area contributed by atoms with Crippen LogP contribution in [0.1, 0.15) is 44.9 Å². The zero-order valence-corrected chi connectivity index (χ0v) is 10.4. The molecule has 2 aliphatic rings. The first kappa shape index (κ1) is 11.7. The Morgan fingerprint density at radius 1 is 0.867 bits per heavy atom. The van der Waals surface area contributed by atoms with E-state index < -0.39 is 0 Å². The second-order valence-electron chi connectivity index (χ2n) is 5.41. The Labute approximate surface area is 99.0 Å². The maximum absolute atomic E-state index is 6.03. The molecule has 0 bridgehead atoms. The molecule has 2 unspecified atom stereocenters. The highest BCUT2D eigenvalue weighted by atomic mass is 35.5. The minimum absolute atomic E-state index is 0.786. The summed E-state index contributed by atoms with van der Waals surface area (Å²) < 4.78 is 0. The maximum atomic E-state index is 6.03. The smallest absolute Gasteiger partial charge is 0.0254 e. The van der Waals surface area contributed by atoms with E-state index in [2.05, 4.69) is 5.32 Å². The highest BCUT2D eigenvalue weighted by Crippen LogP contribution is 2.31. The van der Waals surface area contributed by atoms with Crippen molar-refractivity contribution in [2.24, 2.45) is 17.8 Å². The van der Waals surface area contributed by atoms with Gasteiger partial charge in [-0.25, -0.2) is 0 Å². The normalized spacial score (nSPS) is 32.6. The fourth-order valence-electron chi connectivity index (χ4n) is 2.93. The number of alkyl halides is 1. The van der Waals surface area contributed by atoms with E-state index in [0.717, 1.165) is 23.6 Å². The summed E-state index contributed by atoms with van der Waals surface area (Å²) in [6.07, 6.45) is 9.95. The molecular formula is C13H24ClN. The van der Waals surface area contributed by atoms with Crippen molar-refractivity contribution < 1.29 is 0 Å². The summed E-state index contributed by atoms with van der Waals surface area (Å²) in [5.41, 5.74) is 0. The molecule has 0 spiro atoms. The van der Waals surface area contributed by atoms with Gasteiger partial charge < -0.3 is 5.32 Å². The molecule has 0 saturated heterocycles. The first-order valence-electron chi connectivity index (χ1n) is 6.67. The number of halogens is 1. The lowest BCUT2D eigenvalue weighted by molar-refractivity contribution is 0.234. The number of hydrogen-bond donors (Lipinski definition) is 1. The number of rotatable bonds is 5. The van der Waals surface area contributed by atoms with Crippen LogP contribution in [0.4, 0.5) is 0 Å². The van der Waals surface area contributed by atoms with Gasteiger partial charge in [0.25, 0.3) is 0 Å². The molecule has 2 saturated carbocycles. The Morgan fingerprint density at radius 2 is 1.60 bits per heavy atom. The van der Waals surface area contributed by atoms with Gasteiger partial charge in [-0.1, -0.05) is 19.3 Å². The maximum Gasteiger partial charge on any atom is 0.0254 e. The van der Waals surface area contributed by atoms with Gasteiger partial charge in [0, 0.05) is 5.88 Å². The lowest BCUT2D eigenvalue weighted by Crippen LogP contribution is -2.35. The van der Waals surface area contributed by atoms with Crippen LogP contribution in [0.2, 0.25) is 0 Å². The van der Waals surface area contributed by atoms with Crippen molar-refractivity contribution in [2.75, 3.05) is 19.0 Å². The van der Waals surface area contributed by atoms with E-state index in [-0.39, 0.29) is 0 Å². The van der Waals surface area contributed by atoms with Crippen molar-refractivity contribution >= 4 is 11.6 Å². The van der Waals surface area contributed by atoms with E-state index in [1.165, 1.54) is 58.0 Å². The standard InChI is InChI=1S/C13H24ClN/c14-8-12-6-1-2-7-13(12)10-15-9-11-4-3-5-11/h11-13,15H,1-10H2. The molecule has 2 aliphatic carbocycles. The number of nitrogens with one attached hydrogen (secondary N) is 1. The average molecular weight is 230 g/mol. The summed E-state index contributed by atoms with van der Waals surface area (Å²) in [6, 6.07) is 0. The second kappa shape index (κ2) is 6.10. The summed E-state index contributed by atoms with van der Waals surface area (Å²) >= 11 is 6.03. The topological polar surface area (TPSA) is 12.0 Å². The van der Waals surface area contributed by atoms with Crippen molar-refractivity contribution in [2.45, 2.75) is 44.9 Å². The number of hydrogen-bond acceptors (Lipinski definition) is 1. The Balaban J connectivity index is 1.62. The molecule has 1 N–H and O–H groups in total. The summed E-state index contributed by atoms with van der Waals surface area (Å²) in [4.78, 5) is 0. The second-order valence-corrected chi connectivity index (χ2v) is 5.72. The third kappa shape index (κ3) is 3.35. The van der Waals surface area contributed by atoms with Crippen molar-refractivity contribution in [1.29, 1.82) is 0 Å². The van der Waals surface area contributed by atoms with Crippen LogP contribution >= 0.6 is 11.6 Å². The predicted molar refractivity (Wildman–Crippen MR) is 66.4 cm³/mol. The van der Waals surface area contributed by atoms with Gasteiger partial charge in [0.05, 0.1) is 0 Å². The van der Waals surface area contributed by atoms with Gasteiger partial charge in [0.15, 0.2) is 0 Å². The molecule has 0 aromatic rings. The van der Waals surface area contributed by atoms with Crippen LogP contribution in [0.25, 0.3) is 0 Å². The summed E-state index contributed by atoms with van der Waals surface area (Å²) in [7, 11) is 0. The van der Waals surface area contributed by atoms with E-state index >= 15 is 0 Å². The molecule has 0 aromatic heterocycles. The molecule has 88 valence electrons. The van der Waals surface area contributed by atoms with Crippen molar-refractivity contribution in [1.82, 2.24) is 5.32 Å². The lowest BCUT2D eigenvalue weighted by atomic mass is 9.80. The van der Waals surface area contributed by atoms with Crippen molar-refractivity contribution in [3.8, 4) is 0 Å². The summed E-state index contributed by atoms with van der Waals surface area (Å²) in [6.45, 7) is 2.47. The van der Waals surface area contributed by atoms with Crippen molar-refractivity contribution in [3.63, 3.8) is 0 Å². The molecule has 2 heteroatoms. The Hall–Kier alpha value is 0.250. The van der Waals surface area contributed by atoms with Crippen LogP contribution in [0.3, 0.4) is 0 Å². The Bertz CT molecular complexity index is 179. The average Bonchev–Trinajstić information content (AvgIpc) is 2.22. The molecule has 0 aliphatic heterocycles. The Kier molecular flexibility index (Phi) is 4.77. The molecular weight excluding hydrogens is 206 g/mol. The third-order valence-corrected chi connectivity index (χ3v) is 4.73. The molecule has 1 nitrogen and oxygen atoms in total. The third-order valence-electron chi connectivity index (χ3n) is 4.33. The first-order valence-corrected chi connectivity index (χ1v) is 7.20. The molecule has 2 fully saturated rings. The monoisotopic (exact) mass is 229 g/mol. The van der Waals surface area contributed by atoms with Crippen LogP contribution in [0.5, 0.6) is 0 Å². The molecule has 0 heterocycles. The summed E-state index contributed by atoms with van der Waals surface area (Å²) in [5.74, 6) is 3.50. The minimum Gasteiger partial charge on any atom is -0.316 e. The lowest BCUT2D eigenvalue weighted by Gasteiger charge is -2.32. The summed E-state index contributed by atoms with van der Waals surface area (Å²) in [5, 5.41) is 3.66. The molecule has 2 rings (SSSR count). The highest BCUT2D eigenvalue weighted by molar-refractivity contribution is 6.18. The van der Waals surface area contributed by atoms with Gasteiger partial charge in [0.2, 0.25) is 0 Å². The van der Waals surface area contributed by atoms with Gasteiger partial charge in [-0.15, -0.1) is 11.6 Å². The van der Waals surface area contributed by atoms with Crippen LogP contribution in [-0.2, 0) is 0 Å². The zero-order valence-electron chi connectivity index (χ0n) is 9.68. The molecule has 0 radical (unpaired) electrons. The molecule has 0 amide bonds. The van der Waals surface area contributed by atoms with Crippen LogP contribution in [-0.4, -0.2) is 19.0 Å². The SMILES string of the molecule is ClCC1CCCCC1CNCC1CCC1. The van der Waals surface area contributed by atoms with E-state index in [9.17, 15) is 0 Å². The fourth-order valence-corrected chi connectivity index (χ4v) is 3.33. The van der Waals surface area contributed by atoms with Crippen LogP contribution in [0, 0.1) is 17.8 Å². The zero-order chi connectivity index (χ0) is 10.5. The highest BCUT2D eigenvalue weighted by Gasteiger charge is 2.24. The Morgan fingerprint density at radius 3 is 2.20 bits per heavy atom. The van der Waals surface area contributed by atoms with E-state index in [0.29, 0.717) is 0 Å². The van der Waals surface area contributed by atoms with Gasteiger partial charge in [-0.3, -0.25) is 0 Å². The van der Waals surface area contributed by atoms with Gasteiger partial charge in [-0.05, 0) is 56.5 Å². The van der Waals surface area contributed by atoms with Crippen LogP contribution < -0.4 is 5.32 Å². The van der Waals surface area contributed by atoms with Gasteiger partial charge >= 0.3 is 0 Å². The van der Waals surface area contributed by atoms with Crippen molar-refractivity contribution in [3.05, 3.63) is 0 Å². The van der Waals surface area contributed by atoms with E-state index in [1.54, 1.807) is 0 Å². The molecule has 0 aromatic carbocycles. The molecule has 15 heavy (non-hydrogen) atoms. The predicted octanol–water partition coefficient (Wildman–Crippen LogP) is 3.42. The van der Waals surface area contributed by atoms with E-state index in [4.69, 9.17) is 11.6 Å². The van der Waals surface area contributed by atoms with Crippen LogP contribution in [0.15, 0.2) is 0 Å². The first-order chi connectivity index (χ1) is 7.40. The van der Waals surface area contributed by atoms with Gasteiger partial charge in [-0.2, -0.15) is 0 Å². The quantitative estimate of drug-likeness (QED) is 0.713. The van der Waals surface area contributed by atoms with E-state index in [1.807, 2.05) is 0 Å². The largest absolute Gasteiger partial charge is 0.316 e. The minimum atomic E-state index is 0.786.